The second-order valence-corrected chi connectivity index (χ2v) is 16.2. The van der Waals surface area contributed by atoms with E-state index in [1.807, 2.05) is 81.1 Å². The summed E-state index contributed by atoms with van der Waals surface area (Å²) in [4.78, 5) is 0. The standard InChI is InChI=1S/2C15H24N3O3P/c2*1-14-2-4-15(5-3-14)16-22(19,17-6-10-20-11-7-17)18-8-12-21-13-9-18/h2*2-5H,6-13H2,1H3,(H,16,19). The molecule has 0 unspecified atom stereocenters. The molecule has 0 spiro atoms. The lowest BCUT2D eigenvalue weighted by atomic mass is 10.2. The van der Waals surface area contributed by atoms with Crippen LogP contribution in [0.5, 0.6) is 0 Å². The first-order chi connectivity index (χ1) is 21.4. The zero-order valence-electron chi connectivity index (χ0n) is 26.1. The molecule has 2 aromatic carbocycles. The Labute approximate surface area is 262 Å². The van der Waals surface area contributed by atoms with Crippen LogP contribution in [-0.4, -0.2) is 124 Å². The van der Waals surface area contributed by atoms with Crippen LogP contribution >= 0.6 is 15.2 Å². The minimum absolute atomic E-state index is 0.629. The molecule has 12 nitrogen and oxygen atoms in total. The van der Waals surface area contributed by atoms with E-state index in [0.717, 1.165) is 11.4 Å². The van der Waals surface area contributed by atoms with Crippen LogP contribution in [-0.2, 0) is 28.1 Å². The third kappa shape index (κ3) is 8.70. The Balaban J connectivity index is 0.000000175. The molecule has 14 heteroatoms. The van der Waals surface area contributed by atoms with Crippen molar-refractivity contribution in [2.75, 3.05) is 115 Å². The van der Waals surface area contributed by atoms with Gasteiger partial charge in [-0.2, -0.15) is 0 Å². The molecule has 0 bridgehead atoms. The van der Waals surface area contributed by atoms with Crippen molar-refractivity contribution in [3.05, 3.63) is 59.7 Å². The van der Waals surface area contributed by atoms with Crippen molar-refractivity contribution in [1.29, 1.82) is 0 Å². The van der Waals surface area contributed by atoms with Crippen LogP contribution in [0.25, 0.3) is 0 Å². The third-order valence-corrected chi connectivity index (χ3v) is 13.9. The highest BCUT2D eigenvalue weighted by Crippen LogP contribution is 2.54. The summed E-state index contributed by atoms with van der Waals surface area (Å²) in [5.74, 6) is 0. The van der Waals surface area contributed by atoms with E-state index in [2.05, 4.69) is 10.2 Å². The molecule has 4 saturated heterocycles. The topological polar surface area (TPSA) is 108 Å². The van der Waals surface area contributed by atoms with E-state index in [0.29, 0.717) is 105 Å². The fourth-order valence-electron chi connectivity index (χ4n) is 5.53. The molecule has 0 saturated carbocycles. The van der Waals surface area contributed by atoms with Crippen molar-refractivity contribution in [2.45, 2.75) is 13.8 Å². The molecule has 0 amide bonds. The fraction of sp³-hybridized carbons (Fsp3) is 0.600. The van der Waals surface area contributed by atoms with Crippen molar-refractivity contribution in [3.8, 4) is 0 Å². The lowest BCUT2D eigenvalue weighted by molar-refractivity contribution is 0.0530. The van der Waals surface area contributed by atoms with Crippen molar-refractivity contribution in [2.24, 2.45) is 0 Å². The summed E-state index contributed by atoms with van der Waals surface area (Å²) in [6.45, 7) is 14.6. The van der Waals surface area contributed by atoms with Crippen LogP contribution in [0.4, 0.5) is 11.4 Å². The highest BCUT2D eigenvalue weighted by atomic mass is 31.2. The van der Waals surface area contributed by atoms with Gasteiger partial charge >= 0.3 is 15.2 Å². The van der Waals surface area contributed by atoms with Gasteiger partial charge in [0.25, 0.3) is 0 Å². The van der Waals surface area contributed by atoms with E-state index in [4.69, 9.17) is 18.9 Å². The number of aryl methyl sites for hydroxylation is 2. The van der Waals surface area contributed by atoms with Gasteiger partial charge in [0.1, 0.15) is 0 Å². The first-order valence-corrected chi connectivity index (χ1v) is 18.8. The van der Waals surface area contributed by atoms with Gasteiger partial charge in [0.2, 0.25) is 0 Å². The number of benzene rings is 2. The average Bonchev–Trinajstić information content (AvgIpc) is 3.09. The number of anilines is 2. The van der Waals surface area contributed by atoms with Crippen molar-refractivity contribution < 1.29 is 28.1 Å². The molecule has 2 aromatic rings. The minimum Gasteiger partial charge on any atom is -0.379 e. The minimum atomic E-state index is -2.85. The van der Waals surface area contributed by atoms with Gasteiger partial charge in [0.05, 0.1) is 52.9 Å². The lowest BCUT2D eigenvalue weighted by Crippen LogP contribution is -2.45. The largest absolute Gasteiger partial charge is 0.379 e. The average molecular weight is 651 g/mol. The van der Waals surface area contributed by atoms with Crippen LogP contribution in [0, 0.1) is 13.8 Å². The van der Waals surface area contributed by atoms with E-state index in [9.17, 15) is 9.13 Å². The Morgan fingerprint density at radius 3 is 0.909 bits per heavy atom. The first-order valence-electron chi connectivity index (χ1n) is 15.6. The Bertz CT molecular complexity index is 1100. The van der Waals surface area contributed by atoms with Gasteiger partial charge in [-0.05, 0) is 38.1 Å². The zero-order chi connectivity index (χ0) is 30.8. The van der Waals surface area contributed by atoms with E-state index in [1.165, 1.54) is 11.1 Å². The molecule has 0 aliphatic carbocycles. The molecule has 0 aromatic heterocycles. The Kier molecular flexibility index (Phi) is 12.3. The second-order valence-electron chi connectivity index (χ2n) is 11.3. The Morgan fingerprint density at radius 1 is 0.455 bits per heavy atom. The maximum atomic E-state index is 13.8. The monoisotopic (exact) mass is 650 g/mol. The van der Waals surface area contributed by atoms with Gasteiger partial charge in [-0.15, -0.1) is 0 Å². The first kappa shape index (κ1) is 33.5. The molecule has 2 N–H and O–H groups in total. The summed E-state index contributed by atoms with van der Waals surface area (Å²) >= 11 is 0. The molecular weight excluding hydrogens is 602 g/mol. The molecule has 44 heavy (non-hydrogen) atoms. The van der Waals surface area contributed by atoms with E-state index < -0.39 is 15.2 Å². The van der Waals surface area contributed by atoms with Gasteiger partial charge in [-0.1, -0.05) is 35.4 Å². The Morgan fingerprint density at radius 2 is 0.682 bits per heavy atom. The van der Waals surface area contributed by atoms with Gasteiger partial charge in [0.15, 0.2) is 0 Å². The molecule has 0 radical (unpaired) electrons. The summed E-state index contributed by atoms with van der Waals surface area (Å²) < 4.78 is 57.4. The number of ether oxygens (including phenoxy) is 4. The number of morpholine rings is 4. The second kappa shape index (κ2) is 16.1. The molecule has 244 valence electrons. The van der Waals surface area contributed by atoms with Gasteiger partial charge in [0, 0.05) is 63.7 Å². The van der Waals surface area contributed by atoms with Crippen LogP contribution in [0.3, 0.4) is 0 Å². The number of nitrogens with one attached hydrogen (secondary N) is 2. The summed E-state index contributed by atoms with van der Waals surface area (Å²) in [5.41, 5.74) is 4.18. The summed E-state index contributed by atoms with van der Waals surface area (Å²) in [7, 11) is -5.70. The maximum absolute atomic E-state index is 13.8. The smallest absolute Gasteiger partial charge is 0.308 e. The predicted octanol–water partition coefficient (Wildman–Crippen LogP) is 4.36. The summed E-state index contributed by atoms with van der Waals surface area (Å²) in [5, 5.41) is 6.64. The zero-order valence-corrected chi connectivity index (χ0v) is 27.9. The normalized spacial score (nSPS) is 21.7. The van der Waals surface area contributed by atoms with Crippen molar-refractivity contribution >= 4 is 26.6 Å². The summed E-state index contributed by atoms with van der Waals surface area (Å²) in [6.07, 6.45) is 0. The Hall–Kier alpha value is -1.82. The molecule has 4 aliphatic rings. The fourth-order valence-corrected chi connectivity index (χ4v) is 10.6. The molecule has 4 aliphatic heterocycles. The number of hydrogen-bond donors (Lipinski definition) is 2. The quantitative estimate of drug-likeness (QED) is 0.397. The van der Waals surface area contributed by atoms with Gasteiger partial charge in [-0.3, -0.25) is 9.13 Å². The molecule has 4 heterocycles. The van der Waals surface area contributed by atoms with Crippen molar-refractivity contribution in [3.63, 3.8) is 0 Å². The number of rotatable bonds is 8. The van der Waals surface area contributed by atoms with Gasteiger partial charge in [-0.25, -0.2) is 18.7 Å². The van der Waals surface area contributed by atoms with Gasteiger partial charge < -0.3 is 29.1 Å². The van der Waals surface area contributed by atoms with Crippen LogP contribution < -0.4 is 10.2 Å². The molecule has 0 atom stereocenters. The van der Waals surface area contributed by atoms with Crippen LogP contribution in [0.15, 0.2) is 48.5 Å². The number of hydrogen-bond acceptors (Lipinski definition) is 6. The van der Waals surface area contributed by atoms with E-state index in [1.54, 1.807) is 0 Å². The maximum Gasteiger partial charge on any atom is 0.308 e. The highest BCUT2D eigenvalue weighted by molar-refractivity contribution is 7.61. The highest BCUT2D eigenvalue weighted by Gasteiger charge is 2.40. The molecular formula is C30H48N6O6P2. The predicted molar refractivity (Wildman–Crippen MR) is 174 cm³/mol. The molecule has 4 fully saturated rings. The van der Waals surface area contributed by atoms with Crippen LogP contribution in [0.2, 0.25) is 0 Å². The molecule has 6 rings (SSSR count). The number of nitrogens with zero attached hydrogens (tertiary/aromatic N) is 4. The van der Waals surface area contributed by atoms with Crippen molar-refractivity contribution in [1.82, 2.24) is 18.7 Å². The lowest BCUT2D eigenvalue weighted by Gasteiger charge is -2.42. The van der Waals surface area contributed by atoms with Crippen LogP contribution in [0.1, 0.15) is 11.1 Å². The van der Waals surface area contributed by atoms with E-state index >= 15 is 0 Å². The summed E-state index contributed by atoms with van der Waals surface area (Å²) in [6, 6.07) is 16.1. The third-order valence-electron chi connectivity index (χ3n) is 8.14. The van der Waals surface area contributed by atoms with E-state index in [-0.39, 0.29) is 0 Å². The SMILES string of the molecule is Cc1ccc(NP(=O)(N2CCOCC2)N2CCOCC2)cc1.Cc1ccc(NP(=O)(N2CCOCC2)N2CCOCC2)cc1.